The highest BCUT2D eigenvalue weighted by atomic mass is 32.2. The summed E-state index contributed by atoms with van der Waals surface area (Å²) < 4.78 is 5.67. The molecule has 0 saturated heterocycles. The molecule has 5 nitrogen and oxygen atoms in total. The Kier molecular flexibility index (Phi) is 6.67. The van der Waals surface area contributed by atoms with E-state index in [-0.39, 0.29) is 29.1 Å². The van der Waals surface area contributed by atoms with Crippen molar-refractivity contribution in [3.63, 3.8) is 0 Å². The van der Waals surface area contributed by atoms with E-state index in [4.69, 9.17) is 4.74 Å². The number of carbonyl (C=O) groups excluding carboxylic acids is 2. The molecule has 0 fully saturated rings. The Bertz CT molecular complexity index is 495. The van der Waals surface area contributed by atoms with Gasteiger partial charge in [0, 0.05) is 10.9 Å². The maximum atomic E-state index is 12.0. The summed E-state index contributed by atoms with van der Waals surface area (Å²) in [6.07, 6.45) is 0.174. The average molecular weight is 330 g/mol. The van der Waals surface area contributed by atoms with Crippen molar-refractivity contribution in [2.75, 3.05) is 6.61 Å². The molecule has 7 heteroatoms. The van der Waals surface area contributed by atoms with Crippen LogP contribution in [0.2, 0.25) is 0 Å². The highest BCUT2D eigenvalue weighted by Gasteiger charge is 2.21. The minimum absolute atomic E-state index is 0.0188. The van der Waals surface area contributed by atoms with Gasteiger partial charge in [0.25, 0.3) is 0 Å². The SMILES string of the molecule is CCOC(=O)Cc1csc(SC(C)C(=O)NC(C)(C)C)n1. The number of carbonyl (C=O) groups is 2. The van der Waals surface area contributed by atoms with Gasteiger partial charge in [-0.05, 0) is 34.6 Å². The minimum Gasteiger partial charge on any atom is -0.466 e. The lowest BCUT2D eigenvalue weighted by molar-refractivity contribution is -0.142. The molecule has 0 bridgehead atoms. The van der Waals surface area contributed by atoms with Crippen LogP contribution in [0.5, 0.6) is 0 Å². The van der Waals surface area contributed by atoms with E-state index in [1.807, 2.05) is 33.1 Å². The van der Waals surface area contributed by atoms with Crippen LogP contribution < -0.4 is 5.32 Å². The molecule has 0 radical (unpaired) electrons. The monoisotopic (exact) mass is 330 g/mol. The number of hydrogen-bond acceptors (Lipinski definition) is 6. The van der Waals surface area contributed by atoms with Gasteiger partial charge in [-0.1, -0.05) is 11.8 Å². The van der Waals surface area contributed by atoms with E-state index in [2.05, 4.69) is 10.3 Å². The van der Waals surface area contributed by atoms with E-state index in [1.165, 1.54) is 23.1 Å². The molecular weight excluding hydrogens is 308 g/mol. The fourth-order valence-corrected chi connectivity index (χ4v) is 3.44. The van der Waals surface area contributed by atoms with Gasteiger partial charge in [0.2, 0.25) is 5.91 Å². The van der Waals surface area contributed by atoms with Crippen molar-refractivity contribution in [3.05, 3.63) is 11.1 Å². The van der Waals surface area contributed by atoms with Crippen molar-refractivity contribution in [3.8, 4) is 0 Å². The maximum absolute atomic E-state index is 12.0. The first kappa shape index (κ1) is 18.0. The maximum Gasteiger partial charge on any atom is 0.311 e. The van der Waals surface area contributed by atoms with E-state index < -0.39 is 0 Å². The number of thiazole rings is 1. The molecule has 1 heterocycles. The van der Waals surface area contributed by atoms with Crippen molar-refractivity contribution >= 4 is 35.0 Å². The number of amides is 1. The quantitative estimate of drug-likeness (QED) is 0.641. The zero-order valence-electron chi connectivity index (χ0n) is 13.1. The number of rotatable bonds is 6. The van der Waals surface area contributed by atoms with Gasteiger partial charge in [0.05, 0.1) is 24.0 Å². The van der Waals surface area contributed by atoms with E-state index in [1.54, 1.807) is 6.92 Å². The number of ether oxygens (including phenoxy) is 1. The van der Waals surface area contributed by atoms with Crippen LogP contribution in [0, 0.1) is 0 Å². The number of hydrogen-bond donors (Lipinski definition) is 1. The topological polar surface area (TPSA) is 68.3 Å². The molecule has 1 aromatic heterocycles. The smallest absolute Gasteiger partial charge is 0.311 e. The van der Waals surface area contributed by atoms with Crippen molar-refractivity contribution in [1.82, 2.24) is 10.3 Å². The van der Waals surface area contributed by atoms with Crippen molar-refractivity contribution in [1.29, 1.82) is 0 Å². The Labute approximate surface area is 133 Å². The van der Waals surface area contributed by atoms with E-state index in [0.29, 0.717) is 12.3 Å². The van der Waals surface area contributed by atoms with Gasteiger partial charge < -0.3 is 10.1 Å². The number of esters is 1. The molecule has 1 atom stereocenters. The lowest BCUT2D eigenvalue weighted by Crippen LogP contribution is -2.44. The molecule has 0 saturated carbocycles. The third kappa shape index (κ3) is 6.95. The van der Waals surface area contributed by atoms with Crippen molar-refractivity contribution in [2.24, 2.45) is 0 Å². The summed E-state index contributed by atoms with van der Waals surface area (Å²) in [6.45, 7) is 9.83. The van der Waals surface area contributed by atoms with Gasteiger partial charge in [-0.2, -0.15) is 0 Å². The van der Waals surface area contributed by atoms with Crippen LogP contribution in [0.1, 0.15) is 40.3 Å². The second kappa shape index (κ2) is 7.79. The standard InChI is InChI=1S/C14H22N2O3S2/c1-6-19-11(17)7-10-8-20-13(15-10)21-9(2)12(18)16-14(3,4)5/h8-9H,6-7H2,1-5H3,(H,16,18). The van der Waals surface area contributed by atoms with Crippen molar-refractivity contribution in [2.45, 2.75) is 56.2 Å². The molecule has 1 rings (SSSR count). The molecule has 0 aliphatic carbocycles. The average Bonchev–Trinajstić information content (AvgIpc) is 2.74. The van der Waals surface area contributed by atoms with Crippen LogP contribution in [-0.2, 0) is 20.7 Å². The van der Waals surface area contributed by atoms with Gasteiger partial charge in [-0.25, -0.2) is 4.98 Å². The highest BCUT2D eigenvalue weighted by molar-refractivity contribution is 8.02. The van der Waals surface area contributed by atoms with Crippen LogP contribution in [0.4, 0.5) is 0 Å². The summed E-state index contributed by atoms with van der Waals surface area (Å²) in [5.41, 5.74) is 0.438. The highest BCUT2D eigenvalue weighted by Crippen LogP contribution is 2.27. The molecule has 21 heavy (non-hydrogen) atoms. The Morgan fingerprint density at radius 2 is 2.14 bits per heavy atom. The predicted octanol–water partition coefficient (Wildman–Crippen LogP) is 2.64. The van der Waals surface area contributed by atoms with Gasteiger partial charge in [-0.15, -0.1) is 11.3 Å². The number of nitrogens with one attached hydrogen (secondary N) is 1. The molecule has 1 amide bonds. The van der Waals surface area contributed by atoms with E-state index in [9.17, 15) is 9.59 Å². The molecule has 1 unspecified atom stereocenters. The Balaban J connectivity index is 2.54. The Morgan fingerprint density at radius 1 is 1.48 bits per heavy atom. The predicted molar refractivity (Wildman–Crippen MR) is 85.7 cm³/mol. The lowest BCUT2D eigenvalue weighted by Gasteiger charge is -2.22. The molecule has 0 spiro atoms. The molecular formula is C14H22N2O3S2. The van der Waals surface area contributed by atoms with Crippen molar-refractivity contribution < 1.29 is 14.3 Å². The van der Waals surface area contributed by atoms with Gasteiger partial charge in [-0.3, -0.25) is 9.59 Å². The van der Waals surface area contributed by atoms with Crippen LogP contribution in [0.25, 0.3) is 0 Å². The van der Waals surface area contributed by atoms with Gasteiger partial charge in [0.15, 0.2) is 4.34 Å². The number of nitrogens with zero attached hydrogens (tertiary/aromatic N) is 1. The zero-order valence-corrected chi connectivity index (χ0v) is 14.7. The summed E-state index contributed by atoms with van der Waals surface area (Å²) in [5.74, 6) is -0.299. The van der Waals surface area contributed by atoms with Gasteiger partial charge in [0.1, 0.15) is 0 Å². The summed E-state index contributed by atoms with van der Waals surface area (Å²) in [4.78, 5) is 27.7. The second-order valence-electron chi connectivity index (χ2n) is 5.59. The lowest BCUT2D eigenvalue weighted by atomic mass is 10.1. The Hall–Kier alpha value is -1.08. The summed E-state index contributed by atoms with van der Waals surface area (Å²) in [7, 11) is 0. The molecule has 0 aliphatic heterocycles. The largest absolute Gasteiger partial charge is 0.466 e. The van der Waals surface area contributed by atoms with E-state index in [0.717, 1.165) is 4.34 Å². The zero-order chi connectivity index (χ0) is 16.0. The normalized spacial score (nSPS) is 12.8. The third-order valence-corrected chi connectivity index (χ3v) is 4.43. The molecule has 0 aromatic carbocycles. The first-order valence-electron chi connectivity index (χ1n) is 6.80. The fourth-order valence-electron chi connectivity index (χ4n) is 1.46. The summed E-state index contributed by atoms with van der Waals surface area (Å²) in [5, 5.41) is 4.53. The fraction of sp³-hybridized carbons (Fsp3) is 0.643. The molecule has 0 aliphatic rings. The molecule has 1 N–H and O–H groups in total. The van der Waals surface area contributed by atoms with Crippen LogP contribution in [0.3, 0.4) is 0 Å². The molecule has 118 valence electrons. The molecule has 1 aromatic rings. The van der Waals surface area contributed by atoms with Crippen LogP contribution in [0.15, 0.2) is 9.72 Å². The minimum atomic E-state index is -0.280. The van der Waals surface area contributed by atoms with Gasteiger partial charge >= 0.3 is 5.97 Å². The summed E-state index contributed by atoms with van der Waals surface area (Å²) in [6, 6.07) is 0. The Morgan fingerprint density at radius 3 is 2.71 bits per heavy atom. The van der Waals surface area contributed by atoms with Crippen LogP contribution >= 0.6 is 23.1 Å². The van der Waals surface area contributed by atoms with E-state index >= 15 is 0 Å². The first-order chi connectivity index (χ1) is 9.71. The summed E-state index contributed by atoms with van der Waals surface area (Å²) >= 11 is 2.83. The third-order valence-electron chi connectivity index (χ3n) is 2.31. The number of aromatic nitrogens is 1. The first-order valence-corrected chi connectivity index (χ1v) is 8.56. The number of thioether (sulfide) groups is 1. The second-order valence-corrected chi connectivity index (χ2v) is 8.03. The van der Waals surface area contributed by atoms with Crippen LogP contribution in [-0.4, -0.2) is 34.3 Å².